The first-order chi connectivity index (χ1) is 7.63. The zero-order valence-corrected chi connectivity index (χ0v) is 8.98. The SMILES string of the molecule is NCCN1CCN(C(=O)C#CC(=O)O)CC1. The van der Waals surface area contributed by atoms with Crippen molar-refractivity contribution in [3.63, 3.8) is 0 Å². The Kier molecular flexibility index (Phi) is 4.76. The van der Waals surface area contributed by atoms with Gasteiger partial charge in [0.15, 0.2) is 0 Å². The van der Waals surface area contributed by atoms with E-state index < -0.39 is 11.9 Å². The highest BCUT2D eigenvalue weighted by molar-refractivity contribution is 6.00. The summed E-state index contributed by atoms with van der Waals surface area (Å²) in [4.78, 5) is 25.3. The van der Waals surface area contributed by atoms with Gasteiger partial charge in [0.2, 0.25) is 0 Å². The lowest BCUT2D eigenvalue weighted by Gasteiger charge is -2.33. The first-order valence-corrected chi connectivity index (χ1v) is 5.09. The molecule has 0 aromatic rings. The third-order valence-corrected chi connectivity index (χ3v) is 2.38. The van der Waals surface area contributed by atoms with Gasteiger partial charge >= 0.3 is 5.97 Å². The summed E-state index contributed by atoms with van der Waals surface area (Å²) in [6.07, 6.45) is 0. The maximum Gasteiger partial charge on any atom is 0.382 e. The molecule has 0 radical (unpaired) electrons. The maximum atomic E-state index is 11.4. The number of hydrogen-bond donors (Lipinski definition) is 2. The lowest BCUT2D eigenvalue weighted by Crippen LogP contribution is -2.49. The van der Waals surface area contributed by atoms with Gasteiger partial charge in [-0.3, -0.25) is 9.69 Å². The number of carboxylic acids is 1. The summed E-state index contributed by atoms with van der Waals surface area (Å²) in [5.74, 6) is 2.21. The number of nitrogens with two attached hydrogens (primary N) is 1. The van der Waals surface area contributed by atoms with Crippen molar-refractivity contribution in [2.45, 2.75) is 0 Å². The quantitative estimate of drug-likeness (QED) is 0.540. The van der Waals surface area contributed by atoms with E-state index in [1.807, 2.05) is 5.92 Å². The number of carbonyl (C=O) groups is 2. The van der Waals surface area contributed by atoms with Crippen LogP contribution in [0.15, 0.2) is 0 Å². The van der Waals surface area contributed by atoms with Crippen LogP contribution in [-0.2, 0) is 9.59 Å². The standard InChI is InChI=1S/C10H15N3O3/c11-3-4-12-5-7-13(8-6-12)9(14)1-2-10(15)16/h3-8,11H2,(H,15,16). The Morgan fingerprint density at radius 3 is 2.31 bits per heavy atom. The molecule has 6 nitrogen and oxygen atoms in total. The molecule has 1 heterocycles. The fourth-order valence-electron chi connectivity index (χ4n) is 1.54. The van der Waals surface area contributed by atoms with Gasteiger partial charge in [0.05, 0.1) is 0 Å². The van der Waals surface area contributed by atoms with Crippen LogP contribution < -0.4 is 5.73 Å². The summed E-state index contributed by atoms with van der Waals surface area (Å²) in [7, 11) is 0. The molecule has 0 atom stereocenters. The zero-order chi connectivity index (χ0) is 12.0. The molecular formula is C10H15N3O3. The molecule has 0 aromatic heterocycles. The van der Waals surface area contributed by atoms with E-state index >= 15 is 0 Å². The second-order valence-corrected chi connectivity index (χ2v) is 3.48. The molecule has 3 N–H and O–H groups in total. The predicted octanol–water partition coefficient (Wildman–Crippen LogP) is -1.82. The van der Waals surface area contributed by atoms with Crippen LogP contribution >= 0.6 is 0 Å². The number of piperazine rings is 1. The zero-order valence-electron chi connectivity index (χ0n) is 8.98. The molecule has 1 aliphatic rings. The minimum absolute atomic E-state index is 0.421. The van der Waals surface area contributed by atoms with E-state index in [4.69, 9.17) is 10.8 Å². The van der Waals surface area contributed by atoms with Gasteiger partial charge < -0.3 is 15.7 Å². The van der Waals surface area contributed by atoms with Gasteiger partial charge in [-0.25, -0.2) is 4.79 Å². The molecule has 6 heteroatoms. The highest BCUT2D eigenvalue weighted by atomic mass is 16.4. The topological polar surface area (TPSA) is 86.9 Å². The van der Waals surface area contributed by atoms with E-state index in [-0.39, 0.29) is 0 Å². The molecule has 1 fully saturated rings. The van der Waals surface area contributed by atoms with Crippen LogP contribution in [0.3, 0.4) is 0 Å². The molecule has 1 saturated heterocycles. The lowest BCUT2D eigenvalue weighted by atomic mass is 10.3. The summed E-state index contributed by atoms with van der Waals surface area (Å²) in [6.45, 7) is 4.10. The molecule has 88 valence electrons. The van der Waals surface area contributed by atoms with Crippen LogP contribution in [0.2, 0.25) is 0 Å². The molecule has 1 rings (SSSR count). The van der Waals surface area contributed by atoms with E-state index in [0.29, 0.717) is 19.6 Å². The Morgan fingerprint density at radius 1 is 1.19 bits per heavy atom. The molecule has 0 spiro atoms. The molecule has 16 heavy (non-hydrogen) atoms. The average Bonchev–Trinajstić information content (AvgIpc) is 2.27. The summed E-state index contributed by atoms with van der Waals surface area (Å²) in [6, 6.07) is 0. The molecular weight excluding hydrogens is 210 g/mol. The summed E-state index contributed by atoms with van der Waals surface area (Å²) < 4.78 is 0. The number of carboxylic acid groups (broad SMARTS) is 1. The fourth-order valence-corrected chi connectivity index (χ4v) is 1.54. The van der Waals surface area contributed by atoms with Gasteiger partial charge in [0.25, 0.3) is 5.91 Å². The van der Waals surface area contributed by atoms with E-state index in [1.54, 1.807) is 4.90 Å². The largest absolute Gasteiger partial charge is 0.472 e. The minimum atomic E-state index is -1.28. The van der Waals surface area contributed by atoms with Crippen LogP contribution in [0, 0.1) is 11.8 Å². The van der Waals surface area contributed by atoms with Crippen LogP contribution in [0.25, 0.3) is 0 Å². The predicted molar refractivity (Wildman–Crippen MR) is 57.5 cm³/mol. The Hall–Kier alpha value is -1.58. The number of nitrogens with zero attached hydrogens (tertiary/aromatic N) is 2. The molecule has 0 aliphatic carbocycles. The van der Waals surface area contributed by atoms with E-state index in [0.717, 1.165) is 19.6 Å². The van der Waals surface area contributed by atoms with Crippen molar-refractivity contribution < 1.29 is 14.7 Å². The number of amides is 1. The Balaban J connectivity index is 2.39. The molecule has 1 aliphatic heterocycles. The van der Waals surface area contributed by atoms with Crippen molar-refractivity contribution in [3.8, 4) is 11.8 Å². The van der Waals surface area contributed by atoms with Crippen molar-refractivity contribution in [1.82, 2.24) is 9.80 Å². The van der Waals surface area contributed by atoms with Gasteiger partial charge in [0.1, 0.15) is 0 Å². The fraction of sp³-hybridized carbons (Fsp3) is 0.600. The second kappa shape index (κ2) is 6.10. The van der Waals surface area contributed by atoms with Gasteiger partial charge in [-0.2, -0.15) is 0 Å². The Morgan fingerprint density at radius 2 is 1.81 bits per heavy atom. The summed E-state index contributed by atoms with van der Waals surface area (Å²) in [5, 5.41) is 8.31. The molecule has 0 bridgehead atoms. The van der Waals surface area contributed by atoms with E-state index in [1.165, 1.54) is 0 Å². The van der Waals surface area contributed by atoms with Gasteiger partial charge in [-0.05, 0) is 0 Å². The Labute approximate surface area is 94.0 Å². The maximum absolute atomic E-state index is 11.4. The summed E-state index contributed by atoms with van der Waals surface area (Å²) >= 11 is 0. The minimum Gasteiger partial charge on any atom is -0.472 e. The van der Waals surface area contributed by atoms with Crippen molar-refractivity contribution in [2.75, 3.05) is 39.3 Å². The molecule has 1 amide bonds. The molecule has 0 saturated carbocycles. The van der Waals surface area contributed by atoms with Crippen molar-refractivity contribution >= 4 is 11.9 Å². The van der Waals surface area contributed by atoms with Crippen molar-refractivity contribution in [1.29, 1.82) is 0 Å². The number of carbonyl (C=O) groups excluding carboxylic acids is 1. The first-order valence-electron chi connectivity index (χ1n) is 5.09. The van der Waals surface area contributed by atoms with Crippen molar-refractivity contribution in [3.05, 3.63) is 0 Å². The van der Waals surface area contributed by atoms with E-state index in [9.17, 15) is 9.59 Å². The van der Waals surface area contributed by atoms with Gasteiger partial charge in [-0.1, -0.05) is 0 Å². The van der Waals surface area contributed by atoms with Crippen LogP contribution in [0.4, 0.5) is 0 Å². The third kappa shape index (κ3) is 3.88. The number of aliphatic carboxylic acids is 1. The van der Waals surface area contributed by atoms with Crippen LogP contribution in [-0.4, -0.2) is 66.1 Å². The highest BCUT2D eigenvalue weighted by Crippen LogP contribution is 2.00. The summed E-state index contributed by atoms with van der Waals surface area (Å²) in [5.41, 5.74) is 5.42. The normalized spacial score (nSPS) is 16.4. The molecule has 0 aromatic carbocycles. The van der Waals surface area contributed by atoms with E-state index in [2.05, 4.69) is 10.8 Å². The second-order valence-electron chi connectivity index (χ2n) is 3.48. The van der Waals surface area contributed by atoms with Gasteiger partial charge in [0, 0.05) is 51.1 Å². The smallest absolute Gasteiger partial charge is 0.382 e. The van der Waals surface area contributed by atoms with Crippen molar-refractivity contribution in [2.24, 2.45) is 5.73 Å². The van der Waals surface area contributed by atoms with Gasteiger partial charge in [-0.15, -0.1) is 0 Å². The lowest BCUT2D eigenvalue weighted by molar-refractivity contribution is -0.131. The Bertz CT molecular complexity index is 324. The average molecular weight is 225 g/mol. The highest BCUT2D eigenvalue weighted by Gasteiger charge is 2.19. The third-order valence-electron chi connectivity index (χ3n) is 2.38. The monoisotopic (exact) mass is 225 g/mol. The number of hydrogen-bond acceptors (Lipinski definition) is 4. The first kappa shape index (κ1) is 12.5. The number of rotatable bonds is 2. The van der Waals surface area contributed by atoms with Crippen LogP contribution in [0.5, 0.6) is 0 Å². The molecule has 0 unspecified atom stereocenters. The van der Waals surface area contributed by atoms with Crippen LogP contribution in [0.1, 0.15) is 0 Å².